The van der Waals surface area contributed by atoms with Gasteiger partial charge in [0.1, 0.15) is 5.65 Å². The van der Waals surface area contributed by atoms with Crippen molar-refractivity contribution in [1.82, 2.24) is 9.38 Å². The monoisotopic (exact) mass is 273 g/mol. The summed E-state index contributed by atoms with van der Waals surface area (Å²) in [5.41, 5.74) is 4.97. The number of benzene rings is 1. The molecule has 0 aliphatic rings. The van der Waals surface area contributed by atoms with E-state index in [9.17, 15) is 0 Å². The average Bonchev–Trinajstić information content (AvgIpc) is 2.83. The van der Waals surface area contributed by atoms with E-state index in [0.29, 0.717) is 6.42 Å². The van der Waals surface area contributed by atoms with Crippen molar-refractivity contribution in [3.05, 3.63) is 71.2 Å². The zero-order valence-electron chi connectivity index (χ0n) is 11.8. The fourth-order valence-corrected chi connectivity index (χ4v) is 2.42. The summed E-state index contributed by atoms with van der Waals surface area (Å²) in [7, 11) is 0. The summed E-state index contributed by atoms with van der Waals surface area (Å²) in [5.74, 6) is 0. The van der Waals surface area contributed by atoms with Crippen LogP contribution in [0.3, 0.4) is 0 Å². The third-order valence-electron chi connectivity index (χ3n) is 3.48. The highest BCUT2D eigenvalue weighted by Crippen LogP contribution is 2.18. The normalized spacial score (nSPS) is 11.0. The van der Waals surface area contributed by atoms with Crippen LogP contribution in [0.1, 0.15) is 22.5 Å². The predicted octanol–water partition coefficient (Wildman–Crippen LogP) is 3.88. The molecule has 0 aliphatic heterocycles. The Balaban J connectivity index is 2.06. The lowest BCUT2D eigenvalue weighted by atomic mass is 10.1. The predicted molar refractivity (Wildman–Crippen MR) is 84.6 cm³/mol. The fourth-order valence-electron chi connectivity index (χ4n) is 2.42. The zero-order valence-corrected chi connectivity index (χ0v) is 11.8. The Labute approximate surface area is 123 Å². The van der Waals surface area contributed by atoms with Crippen LogP contribution < -0.4 is 0 Å². The Morgan fingerprint density at radius 3 is 2.71 bits per heavy atom. The minimum Gasteiger partial charge on any atom is -0.302 e. The number of nitriles is 1. The van der Waals surface area contributed by atoms with E-state index >= 15 is 0 Å². The Kier molecular flexibility index (Phi) is 3.53. The number of imidazole rings is 1. The molecule has 0 fully saturated rings. The third kappa shape index (κ3) is 2.56. The molecule has 0 N–H and O–H groups in total. The van der Waals surface area contributed by atoms with E-state index < -0.39 is 0 Å². The van der Waals surface area contributed by atoms with Crippen molar-refractivity contribution in [3.8, 4) is 6.07 Å². The van der Waals surface area contributed by atoms with Gasteiger partial charge in [0.25, 0.3) is 0 Å². The molecular weight excluding hydrogens is 258 g/mol. The molecule has 0 saturated heterocycles. The van der Waals surface area contributed by atoms with Gasteiger partial charge in [0.15, 0.2) is 0 Å². The smallest absolute Gasteiger partial charge is 0.144 e. The molecule has 102 valence electrons. The molecule has 0 atom stereocenters. The summed E-state index contributed by atoms with van der Waals surface area (Å²) in [6.07, 6.45) is 6.47. The molecular formula is C18H15N3. The summed E-state index contributed by atoms with van der Waals surface area (Å²) >= 11 is 0. The third-order valence-corrected chi connectivity index (χ3v) is 3.48. The first-order chi connectivity index (χ1) is 10.3. The van der Waals surface area contributed by atoms with Gasteiger partial charge in [0.05, 0.1) is 23.9 Å². The Bertz CT molecular complexity index is 836. The number of nitrogens with zero attached hydrogens (tertiary/aromatic N) is 3. The first-order valence-corrected chi connectivity index (χ1v) is 6.86. The van der Waals surface area contributed by atoms with Crippen molar-refractivity contribution in [3.63, 3.8) is 0 Å². The van der Waals surface area contributed by atoms with Gasteiger partial charge in [-0.25, -0.2) is 4.98 Å². The minimum absolute atomic E-state index is 0.374. The van der Waals surface area contributed by atoms with E-state index in [1.165, 1.54) is 0 Å². The van der Waals surface area contributed by atoms with E-state index in [4.69, 9.17) is 5.26 Å². The summed E-state index contributed by atoms with van der Waals surface area (Å²) in [6.45, 7) is 1.95. The molecule has 2 heterocycles. The van der Waals surface area contributed by atoms with Gasteiger partial charge in [-0.05, 0) is 24.6 Å². The van der Waals surface area contributed by atoms with Crippen molar-refractivity contribution >= 4 is 17.8 Å². The van der Waals surface area contributed by atoms with Gasteiger partial charge in [-0.2, -0.15) is 5.26 Å². The molecule has 0 aliphatic carbocycles. The van der Waals surface area contributed by atoms with Crippen molar-refractivity contribution in [1.29, 1.82) is 5.26 Å². The summed E-state index contributed by atoms with van der Waals surface area (Å²) < 4.78 is 2.00. The number of fused-ring (bicyclic) bond motifs is 1. The molecule has 1 aromatic carbocycles. The number of hydrogen-bond donors (Lipinski definition) is 0. The molecule has 0 radical (unpaired) electrons. The lowest BCUT2D eigenvalue weighted by Gasteiger charge is -2.00. The molecule has 3 nitrogen and oxygen atoms in total. The number of hydrogen-bond acceptors (Lipinski definition) is 2. The van der Waals surface area contributed by atoms with Crippen LogP contribution >= 0.6 is 0 Å². The maximum absolute atomic E-state index is 8.94. The average molecular weight is 273 g/mol. The lowest BCUT2D eigenvalue weighted by molar-refractivity contribution is 1.04. The second-order valence-corrected chi connectivity index (χ2v) is 4.88. The number of pyridine rings is 1. The van der Waals surface area contributed by atoms with Gasteiger partial charge in [-0.1, -0.05) is 42.5 Å². The number of aryl methyl sites for hydroxylation is 1. The Morgan fingerprint density at radius 2 is 1.95 bits per heavy atom. The molecule has 0 unspecified atom stereocenters. The van der Waals surface area contributed by atoms with Gasteiger partial charge >= 0.3 is 0 Å². The maximum atomic E-state index is 8.94. The summed E-state index contributed by atoms with van der Waals surface area (Å²) in [5, 5.41) is 8.94. The lowest BCUT2D eigenvalue weighted by Crippen LogP contribution is -1.93. The van der Waals surface area contributed by atoms with Crippen LogP contribution in [-0.2, 0) is 6.42 Å². The van der Waals surface area contributed by atoms with Gasteiger partial charge in [-0.3, -0.25) is 0 Å². The molecule has 2 aromatic heterocycles. The van der Waals surface area contributed by atoms with Crippen LogP contribution in [0.15, 0.2) is 48.7 Å². The minimum atomic E-state index is 0.374. The number of rotatable bonds is 3. The zero-order chi connectivity index (χ0) is 14.7. The quantitative estimate of drug-likeness (QED) is 0.726. The van der Waals surface area contributed by atoms with Crippen LogP contribution in [0.5, 0.6) is 0 Å². The second kappa shape index (κ2) is 5.64. The van der Waals surface area contributed by atoms with Crippen molar-refractivity contribution in [2.24, 2.45) is 0 Å². The Hall–Kier alpha value is -2.86. The van der Waals surface area contributed by atoms with Crippen LogP contribution in [0.25, 0.3) is 17.8 Å². The molecule has 0 spiro atoms. The van der Waals surface area contributed by atoms with E-state index in [-0.39, 0.29) is 0 Å². The first kappa shape index (κ1) is 13.1. The Morgan fingerprint density at radius 1 is 1.14 bits per heavy atom. The second-order valence-electron chi connectivity index (χ2n) is 4.88. The van der Waals surface area contributed by atoms with Gasteiger partial charge in [0.2, 0.25) is 0 Å². The maximum Gasteiger partial charge on any atom is 0.144 e. The highest BCUT2D eigenvalue weighted by atomic mass is 15.0. The molecule has 3 rings (SSSR count). The molecule has 0 amide bonds. The molecule has 21 heavy (non-hydrogen) atoms. The topological polar surface area (TPSA) is 41.1 Å². The van der Waals surface area contributed by atoms with Crippen molar-refractivity contribution < 1.29 is 0 Å². The van der Waals surface area contributed by atoms with Crippen LogP contribution in [0.4, 0.5) is 0 Å². The van der Waals surface area contributed by atoms with Crippen LogP contribution in [0.2, 0.25) is 0 Å². The summed E-state index contributed by atoms with van der Waals surface area (Å²) in [4.78, 5) is 4.60. The van der Waals surface area contributed by atoms with Crippen molar-refractivity contribution in [2.75, 3.05) is 0 Å². The molecule has 0 saturated carbocycles. The summed E-state index contributed by atoms with van der Waals surface area (Å²) in [6, 6.07) is 16.4. The largest absolute Gasteiger partial charge is 0.302 e. The first-order valence-electron chi connectivity index (χ1n) is 6.86. The van der Waals surface area contributed by atoms with E-state index in [2.05, 4.69) is 35.3 Å². The highest BCUT2D eigenvalue weighted by molar-refractivity contribution is 5.76. The fraction of sp³-hybridized carbons (Fsp3) is 0.111. The standard InChI is InChI=1S/C18H15N3/c1-14-17(11-12-19)21-13-5-8-16(18(21)20-14)10-9-15-6-3-2-4-7-15/h2-10,13H,11H2,1H3. The highest BCUT2D eigenvalue weighted by Gasteiger charge is 2.09. The van der Waals surface area contributed by atoms with Crippen LogP contribution in [-0.4, -0.2) is 9.38 Å². The van der Waals surface area contributed by atoms with Gasteiger partial charge in [0, 0.05) is 11.8 Å². The van der Waals surface area contributed by atoms with Crippen molar-refractivity contribution in [2.45, 2.75) is 13.3 Å². The van der Waals surface area contributed by atoms with E-state index in [1.54, 1.807) is 0 Å². The number of aromatic nitrogens is 2. The van der Waals surface area contributed by atoms with E-state index in [1.807, 2.05) is 47.9 Å². The molecule has 3 heteroatoms. The van der Waals surface area contributed by atoms with Gasteiger partial charge < -0.3 is 4.40 Å². The van der Waals surface area contributed by atoms with E-state index in [0.717, 1.165) is 28.2 Å². The SMILES string of the molecule is Cc1nc2c(C=Cc3ccccc3)cccn2c1CC#N. The molecule has 3 aromatic rings. The molecule has 0 bridgehead atoms. The van der Waals surface area contributed by atoms with Crippen LogP contribution in [0, 0.1) is 18.3 Å². The van der Waals surface area contributed by atoms with Gasteiger partial charge in [-0.15, -0.1) is 0 Å².